The van der Waals surface area contributed by atoms with E-state index in [0.29, 0.717) is 6.04 Å². The minimum atomic E-state index is 0.436. The molecule has 0 spiro atoms. The van der Waals surface area contributed by atoms with Crippen LogP contribution in [0.25, 0.3) is 0 Å². The zero-order valence-electron chi connectivity index (χ0n) is 10.3. The first-order valence-corrected chi connectivity index (χ1v) is 7.86. The number of hydrogen-bond donors (Lipinski definition) is 1. The maximum Gasteiger partial charge on any atom is 0.214 e. The van der Waals surface area contributed by atoms with Crippen molar-refractivity contribution in [2.24, 2.45) is 0 Å². The molecule has 0 atom stereocenters. The molecule has 19 heavy (non-hydrogen) atoms. The fourth-order valence-corrected chi connectivity index (χ4v) is 3.76. The molecule has 1 aliphatic rings. The molecule has 5 nitrogen and oxygen atoms in total. The minimum absolute atomic E-state index is 0.436. The Morgan fingerprint density at radius 1 is 1.32 bits per heavy atom. The zero-order chi connectivity index (χ0) is 13.2. The van der Waals surface area contributed by atoms with Gasteiger partial charge in [-0.25, -0.2) is 4.68 Å². The Morgan fingerprint density at radius 2 is 2.11 bits per heavy atom. The van der Waals surface area contributed by atoms with E-state index < -0.39 is 0 Å². The van der Waals surface area contributed by atoms with Gasteiger partial charge in [0.05, 0.1) is 6.04 Å². The van der Waals surface area contributed by atoms with Gasteiger partial charge in [0.1, 0.15) is 0 Å². The van der Waals surface area contributed by atoms with Crippen molar-refractivity contribution in [3.05, 3.63) is 22.7 Å². The molecule has 1 heterocycles. The van der Waals surface area contributed by atoms with Gasteiger partial charge in [0, 0.05) is 15.1 Å². The van der Waals surface area contributed by atoms with Gasteiger partial charge >= 0.3 is 0 Å². The maximum atomic E-state index is 5.99. The summed E-state index contributed by atoms with van der Waals surface area (Å²) in [5.74, 6) is 0. The number of nitrogens with two attached hydrogens (primary N) is 1. The summed E-state index contributed by atoms with van der Waals surface area (Å²) >= 11 is 4.98. The van der Waals surface area contributed by atoms with E-state index >= 15 is 0 Å². The summed E-state index contributed by atoms with van der Waals surface area (Å²) < 4.78 is 2.95. The number of anilines is 1. The van der Waals surface area contributed by atoms with Crippen LogP contribution in [-0.4, -0.2) is 20.2 Å². The maximum absolute atomic E-state index is 5.99. The number of rotatable bonds is 3. The Labute approximate surface area is 124 Å². The molecule has 0 unspecified atom stereocenters. The third kappa shape index (κ3) is 2.76. The van der Waals surface area contributed by atoms with Crippen molar-refractivity contribution in [2.75, 3.05) is 5.73 Å². The second-order valence-corrected chi connectivity index (χ2v) is 6.55. The number of nitrogens with zero attached hydrogens (tertiary/aromatic N) is 4. The van der Waals surface area contributed by atoms with Crippen LogP contribution in [0.4, 0.5) is 5.69 Å². The number of halogens is 1. The summed E-state index contributed by atoms with van der Waals surface area (Å²) in [6, 6.07) is 6.24. The number of aromatic nitrogens is 4. The van der Waals surface area contributed by atoms with Crippen LogP contribution in [-0.2, 0) is 0 Å². The Hall–Kier alpha value is -1.08. The van der Waals surface area contributed by atoms with E-state index in [1.807, 2.05) is 22.9 Å². The van der Waals surface area contributed by atoms with Gasteiger partial charge in [-0.3, -0.25) is 0 Å². The molecule has 1 aromatic heterocycles. The van der Waals surface area contributed by atoms with E-state index in [-0.39, 0.29) is 0 Å². The number of tetrazole rings is 1. The highest BCUT2D eigenvalue weighted by Crippen LogP contribution is 2.36. The molecule has 1 fully saturated rings. The van der Waals surface area contributed by atoms with Crippen LogP contribution in [0.3, 0.4) is 0 Å². The fourth-order valence-electron chi connectivity index (χ4n) is 2.33. The molecule has 2 aromatic rings. The normalized spacial score (nSPS) is 16.1. The van der Waals surface area contributed by atoms with E-state index in [4.69, 9.17) is 5.73 Å². The van der Waals surface area contributed by atoms with Crippen LogP contribution in [0.5, 0.6) is 0 Å². The second-order valence-electron chi connectivity index (χ2n) is 4.63. The van der Waals surface area contributed by atoms with Gasteiger partial charge in [0.25, 0.3) is 0 Å². The molecule has 7 heteroatoms. The van der Waals surface area contributed by atoms with E-state index in [2.05, 4.69) is 31.5 Å². The van der Waals surface area contributed by atoms with Crippen molar-refractivity contribution in [3.63, 3.8) is 0 Å². The SMILES string of the molecule is Nc1ccc(Br)cc1Sc1nnnn1C1CCCC1. The predicted molar refractivity (Wildman–Crippen MR) is 78.0 cm³/mol. The quantitative estimate of drug-likeness (QED) is 0.869. The highest BCUT2D eigenvalue weighted by molar-refractivity contribution is 9.10. The van der Waals surface area contributed by atoms with Crippen LogP contribution in [0.15, 0.2) is 32.7 Å². The van der Waals surface area contributed by atoms with Crippen LogP contribution in [0, 0.1) is 0 Å². The average Bonchev–Trinajstić information content (AvgIpc) is 3.03. The van der Waals surface area contributed by atoms with Crippen LogP contribution in [0.2, 0.25) is 0 Å². The average molecular weight is 340 g/mol. The van der Waals surface area contributed by atoms with Crippen molar-refractivity contribution in [1.82, 2.24) is 20.2 Å². The first-order valence-electron chi connectivity index (χ1n) is 6.25. The smallest absolute Gasteiger partial charge is 0.214 e. The molecule has 1 saturated carbocycles. The summed E-state index contributed by atoms with van der Waals surface area (Å²) in [6.07, 6.45) is 4.83. The number of hydrogen-bond acceptors (Lipinski definition) is 5. The molecule has 3 rings (SSSR count). The molecule has 0 aliphatic heterocycles. The van der Waals surface area contributed by atoms with Gasteiger partial charge in [-0.2, -0.15) is 0 Å². The van der Waals surface area contributed by atoms with Gasteiger partial charge in [0.2, 0.25) is 5.16 Å². The van der Waals surface area contributed by atoms with Crippen molar-refractivity contribution in [2.45, 2.75) is 41.8 Å². The molecule has 2 N–H and O–H groups in total. The molecule has 0 bridgehead atoms. The molecule has 1 aliphatic carbocycles. The Bertz CT molecular complexity index is 579. The molecule has 0 radical (unpaired) electrons. The number of benzene rings is 1. The largest absolute Gasteiger partial charge is 0.398 e. The number of nitrogen functional groups attached to an aromatic ring is 1. The van der Waals surface area contributed by atoms with Crippen molar-refractivity contribution >= 4 is 33.4 Å². The molecule has 0 amide bonds. The summed E-state index contributed by atoms with van der Waals surface area (Å²) in [5, 5.41) is 12.9. The van der Waals surface area contributed by atoms with Gasteiger partial charge in [-0.1, -0.05) is 28.8 Å². The molecule has 0 saturated heterocycles. The van der Waals surface area contributed by atoms with Gasteiger partial charge in [-0.05, 0) is 53.2 Å². The summed E-state index contributed by atoms with van der Waals surface area (Å²) in [5.41, 5.74) is 6.73. The third-order valence-corrected chi connectivity index (χ3v) is 4.83. The van der Waals surface area contributed by atoms with E-state index in [1.54, 1.807) is 0 Å². The standard InChI is InChI=1S/C12H14BrN5S/c13-8-5-6-10(14)11(7-8)19-12-15-16-17-18(12)9-3-1-2-4-9/h5-7,9H,1-4,14H2. The first-order chi connectivity index (χ1) is 9.24. The minimum Gasteiger partial charge on any atom is -0.398 e. The van der Waals surface area contributed by atoms with Crippen molar-refractivity contribution in [3.8, 4) is 0 Å². The van der Waals surface area contributed by atoms with Gasteiger partial charge in [0.15, 0.2) is 0 Å². The van der Waals surface area contributed by atoms with E-state index in [0.717, 1.165) is 33.1 Å². The van der Waals surface area contributed by atoms with E-state index in [1.165, 1.54) is 24.6 Å². The fraction of sp³-hybridized carbons (Fsp3) is 0.417. The lowest BCUT2D eigenvalue weighted by Crippen LogP contribution is -2.08. The Balaban J connectivity index is 1.87. The monoisotopic (exact) mass is 339 g/mol. The predicted octanol–water partition coefficient (Wildman–Crippen LogP) is 3.28. The highest BCUT2D eigenvalue weighted by atomic mass is 79.9. The van der Waals surface area contributed by atoms with Crippen LogP contribution < -0.4 is 5.73 Å². The summed E-state index contributed by atoms with van der Waals surface area (Å²) in [6.45, 7) is 0. The molecule has 1 aromatic carbocycles. The van der Waals surface area contributed by atoms with Crippen LogP contribution in [0.1, 0.15) is 31.7 Å². The lowest BCUT2D eigenvalue weighted by Gasteiger charge is -2.11. The summed E-state index contributed by atoms with van der Waals surface area (Å²) in [4.78, 5) is 0.975. The third-order valence-electron chi connectivity index (χ3n) is 3.31. The second kappa shape index (κ2) is 5.50. The lowest BCUT2D eigenvalue weighted by atomic mass is 10.3. The van der Waals surface area contributed by atoms with Gasteiger partial charge < -0.3 is 5.73 Å². The topological polar surface area (TPSA) is 69.6 Å². The summed E-state index contributed by atoms with van der Waals surface area (Å²) in [7, 11) is 0. The van der Waals surface area contributed by atoms with Gasteiger partial charge in [-0.15, -0.1) is 5.10 Å². The molecule has 100 valence electrons. The molecular weight excluding hydrogens is 326 g/mol. The van der Waals surface area contributed by atoms with E-state index in [9.17, 15) is 0 Å². The van der Waals surface area contributed by atoms with Crippen molar-refractivity contribution in [1.29, 1.82) is 0 Å². The Kier molecular flexibility index (Phi) is 3.74. The molecular formula is C12H14BrN5S. The highest BCUT2D eigenvalue weighted by Gasteiger charge is 2.22. The van der Waals surface area contributed by atoms with Crippen molar-refractivity contribution < 1.29 is 0 Å². The lowest BCUT2D eigenvalue weighted by molar-refractivity contribution is 0.423. The first kappa shape index (κ1) is 12.9. The van der Waals surface area contributed by atoms with Crippen LogP contribution >= 0.6 is 27.7 Å². The zero-order valence-corrected chi connectivity index (χ0v) is 12.7. The Morgan fingerprint density at radius 3 is 2.89 bits per heavy atom.